The van der Waals surface area contributed by atoms with Crippen LogP contribution in [0.3, 0.4) is 0 Å². The smallest absolute Gasteiger partial charge is 0.279 e. The second-order valence-electron chi connectivity index (χ2n) is 6.55. The first kappa shape index (κ1) is 18.7. The van der Waals surface area contributed by atoms with Gasteiger partial charge in [-0.1, -0.05) is 24.3 Å². The molecule has 29 heavy (non-hydrogen) atoms. The Morgan fingerprint density at radius 3 is 2.59 bits per heavy atom. The van der Waals surface area contributed by atoms with Crippen molar-refractivity contribution in [3.8, 4) is 22.3 Å². The Labute approximate surface area is 171 Å². The molecule has 1 aliphatic carbocycles. The van der Waals surface area contributed by atoms with Crippen molar-refractivity contribution in [1.82, 2.24) is 10.9 Å². The SMILES string of the molecule is N#Cc1ccc(OCC(=O)NNC(=O)c2cc3c(s2)-c2ccccc2CC3)cc1. The van der Waals surface area contributed by atoms with Gasteiger partial charge in [0.25, 0.3) is 11.8 Å². The number of carbonyl (C=O) groups is 2. The van der Waals surface area contributed by atoms with Crippen molar-refractivity contribution in [3.63, 3.8) is 0 Å². The molecule has 2 aromatic carbocycles. The van der Waals surface area contributed by atoms with E-state index in [9.17, 15) is 9.59 Å². The maximum atomic E-state index is 12.4. The molecule has 1 aromatic heterocycles. The lowest BCUT2D eigenvalue weighted by molar-refractivity contribution is -0.123. The second-order valence-corrected chi connectivity index (χ2v) is 7.60. The fourth-order valence-electron chi connectivity index (χ4n) is 3.18. The number of rotatable bonds is 4. The van der Waals surface area contributed by atoms with E-state index in [4.69, 9.17) is 10.00 Å². The number of hydrazine groups is 1. The number of aryl methyl sites for hydroxylation is 2. The van der Waals surface area contributed by atoms with Crippen molar-refractivity contribution in [3.05, 3.63) is 76.2 Å². The van der Waals surface area contributed by atoms with Crippen LogP contribution in [0.5, 0.6) is 5.75 Å². The van der Waals surface area contributed by atoms with E-state index >= 15 is 0 Å². The van der Waals surface area contributed by atoms with Gasteiger partial charge >= 0.3 is 0 Å². The van der Waals surface area contributed by atoms with Gasteiger partial charge in [-0.3, -0.25) is 20.4 Å². The molecule has 1 aliphatic rings. The first-order valence-corrected chi connectivity index (χ1v) is 9.89. The summed E-state index contributed by atoms with van der Waals surface area (Å²) in [6, 6.07) is 18.6. The van der Waals surface area contributed by atoms with Crippen molar-refractivity contribution in [2.45, 2.75) is 12.8 Å². The first-order chi connectivity index (χ1) is 14.1. The molecule has 0 saturated heterocycles. The zero-order chi connectivity index (χ0) is 20.2. The fraction of sp³-hybridized carbons (Fsp3) is 0.136. The minimum Gasteiger partial charge on any atom is -0.484 e. The van der Waals surface area contributed by atoms with Gasteiger partial charge in [0.05, 0.1) is 16.5 Å². The summed E-state index contributed by atoms with van der Waals surface area (Å²) in [5.74, 6) is -0.363. The molecule has 3 aromatic rings. The molecule has 0 radical (unpaired) electrons. The van der Waals surface area contributed by atoms with E-state index in [1.807, 2.05) is 24.3 Å². The van der Waals surface area contributed by atoms with Crippen molar-refractivity contribution < 1.29 is 14.3 Å². The highest BCUT2D eigenvalue weighted by atomic mass is 32.1. The van der Waals surface area contributed by atoms with Gasteiger partial charge in [0.15, 0.2) is 6.61 Å². The highest BCUT2D eigenvalue weighted by Crippen LogP contribution is 2.39. The summed E-state index contributed by atoms with van der Waals surface area (Å²) in [4.78, 5) is 26.0. The van der Waals surface area contributed by atoms with Crippen LogP contribution in [-0.2, 0) is 17.6 Å². The van der Waals surface area contributed by atoms with Crippen molar-refractivity contribution in [2.24, 2.45) is 0 Å². The molecule has 0 aliphatic heterocycles. The first-order valence-electron chi connectivity index (χ1n) is 9.07. The van der Waals surface area contributed by atoms with Gasteiger partial charge < -0.3 is 4.74 Å². The Morgan fingerprint density at radius 1 is 1.03 bits per heavy atom. The molecular weight excluding hydrogens is 386 g/mol. The number of carbonyl (C=O) groups excluding carboxylic acids is 2. The van der Waals surface area contributed by atoms with Crippen LogP contribution in [0.2, 0.25) is 0 Å². The summed E-state index contributed by atoms with van der Waals surface area (Å²) in [7, 11) is 0. The van der Waals surface area contributed by atoms with Gasteiger partial charge in [0.2, 0.25) is 0 Å². The van der Waals surface area contributed by atoms with E-state index in [0.29, 0.717) is 16.2 Å². The number of ether oxygens (including phenoxy) is 1. The van der Waals surface area contributed by atoms with Gasteiger partial charge in [0.1, 0.15) is 5.75 Å². The van der Waals surface area contributed by atoms with Crippen LogP contribution in [0.1, 0.15) is 26.4 Å². The molecule has 0 unspecified atom stereocenters. The summed E-state index contributed by atoms with van der Waals surface area (Å²) >= 11 is 1.43. The molecule has 0 atom stereocenters. The third kappa shape index (κ3) is 4.13. The predicted molar refractivity (Wildman–Crippen MR) is 109 cm³/mol. The summed E-state index contributed by atoms with van der Waals surface area (Å²) in [5, 5.41) is 8.77. The van der Waals surface area contributed by atoms with E-state index in [2.05, 4.69) is 23.0 Å². The second kappa shape index (κ2) is 8.17. The topological polar surface area (TPSA) is 91.2 Å². The summed E-state index contributed by atoms with van der Waals surface area (Å²) in [5.41, 5.74) is 8.94. The van der Waals surface area contributed by atoms with Crippen LogP contribution >= 0.6 is 11.3 Å². The standard InChI is InChI=1S/C22H17N3O3S/c23-12-14-5-9-17(10-6-14)28-13-20(26)24-25-22(27)19-11-16-8-7-15-3-1-2-4-18(15)21(16)29-19/h1-6,9-11H,7-8,13H2,(H,24,26)(H,25,27). The number of nitrogens with one attached hydrogen (secondary N) is 2. The van der Waals surface area contributed by atoms with Gasteiger partial charge in [-0.05, 0) is 59.9 Å². The molecule has 4 rings (SSSR count). The zero-order valence-corrected chi connectivity index (χ0v) is 16.2. The number of nitriles is 1. The molecular formula is C22H17N3O3S. The summed E-state index contributed by atoms with van der Waals surface area (Å²) in [6.07, 6.45) is 1.87. The largest absolute Gasteiger partial charge is 0.484 e. The minimum absolute atomic E-state index is 0.250. The molecule has 7 heteroatoms. The lowest BCUT2D eigenvalue weighted by atomic mass is 9.91. The minimum atomic E-state index is -0.477. The Bertz CT molecular complexity index is 1110. The van der Waals surface area contributed by atoms with Crippen LogP contribution in [-0.4, -0.2) is 18.4 Å². The maximum Gasteiger partial charge on any atom is 0.279 e. The monoisotopic (exact) mass is 403 g/mol. The Morgan fingerprint density at radius 2 is 1.79 bits per heavy atom. The molecule has 6 nitrogen and oxygen atoms in total. The van der Waals surface area contributed by atoms with Crippen LogP contribution in [0, 0.1) is 11.3 Å². The third-order valence-corrected chi connectivity index (χ3v) is 5.84. The molecule has 0 saturated carbocycles. The molecule has 0 spiro atoms. The van der Waals surface area contributed by atoms with Crippen molar-refractivity contribution >= 4 is 23.2 Å². The van der Waals surface area contributed by atoms with E-state index in [0.717, 1.165) is 23.3 Å². The Kier molecular flexibility index (Phi) is 5.27. The average Bonchev–Trinajstić information content (AvgIpc) is 3.21. The van der Waals surface area contributed by atoms with Crippen LogP contribution in [0.25, 0.3) is 10.4 Å². The van der Waals surface area contributed by atoms with E-state index < -0.39 is 5.91 Å². The number of hydrogen-bond donors (Lipinski definition) is 2. The highest BCUT2D eigenvalue weighted by Gasteiger charge is 2.21. The van der Waals surface area contributed by atoms with E-state index in [1.54, 1.807) is 24.3 Å². The van der Waals surface area contributed by atoms with Crippen molar-refractivity contribution in [2.75, 3.05) is 6.61 Å². The quantitative estimate of drug-likeness (QED) is 0.655. The Balaban J connectivity index is 1.33. The van der Waals surface area contributed by atoms with Crippen LogP contribution in [0.4, 0.5) is 0 Å². The van der Waals surface area contributed by atoms with Crippen molar-refractivity contribution in [1.29, 1.82) is 5.26 Å². The third-order valence-electron chi connectivity index (χ3n) is 4.63. The van der Waals surface area contributed by atoms with E-state index in [-0.39, 0.29) is 12.5 Å². The molecule has 1 heterocycles. The number of nitrogens with zero attached hydrogens (tertiary/aromatic N) is 1. The summed E-state index contributed by atoms with van der Waals surface area (Å²) in [6.45, 7) is -0.250. The van der Waals surface area contributed by atoms with Gasteiger partial charge in [-0.25, -0.2) is 0 Å². The number of amides is 2. The van der Waals surface area contributed by atoms with Gasteiger partial charge in [0, 0.05) is 4.88 Å². The summed E-state index contributed by atoms with van der Waals surface area (Å²) < 4.78 is 5.34. The molecule has 144 valence electrons. The fourth-order valence-corrected chi connectivity index (χ4v) is 4.35. The molecule has 2 N–H and O–H groups in total. The zero-order valence-electron chi connectivity index (χ0n) is 15.4. The molecule has 0 fully saturated rings. The Hall–Kier alpha value is -3.63. The van der Waals surface area contributed by atoms with Crippen LogP contribution in [0.15, 0.2) is 54.6 Å². The van der Waals surface area contributed by atoms with E-state index in [1.165, 1.54) is 22.5 Å². The highest BCUT2D eigenvalue weighted by molar-refractivity contribution is 7.17. The number of hydrogen-bond acceptors (Lipinski definition) is 5. The maximum absolute atomic E-state index is 12.4. The predicted octanol–water partition coefficient (Wildman–Crippen LogP) is 3.23. The van der Waals surface area contributed by atoms with Gasteiger partial charge in [-0.15, -0.1) is 11.3 Å². The lowest BCUT2D eigenvalue weighted by Gasteiger charge is -2.15. The molecule has 0 bridgehead atoms. The normalized spacial score (nSPS) is 11.6. The van der Waals surface area contributed by atoms with Crippen LogP contribution < -0.4 is 15.6 Å². The average molecular weight is 403 g/mol. The number of fused-ring (bicyclic) bond motifs is 3. The number of thiophene rings is 1. The lowest BCUT2D eigenvalue weighted by Crippen LogP contribution is -2.43. The molecule has 2 amide bonds. The number of benzene rings is 2. The van der Waals surface area contributed by atoms with Gasteiger partial charge in [-0.2, -0.15) is 5.26 Å².